The van der Waals surface area contributed by atoms with Crippen LogP contribution >= 0.6 is 11.6 Å². The number of hydrogen-bond acceptors (Lipinski definition) is 3. The monoisotopic (exact) mass is 432 g/mol. The van der Waals surface area contributed by atoms with Crippen LogP contribution in [0.25, 0.3) is 0 Å². The molecule has 0 saturated heterocycles. The zero-order valence-electron chi connectivity index (χ0n) is 15.4. The first kappa shape index (κ1) is 20.8. The van der Waals surface area contributed by atoms with Crippen LogP contribution in [0, 0.1) is 12.7 Å². The van der Waals surface area contributed by atoms with E-state index in [9.17, 15) is 17.6 Å². The van der Waals surface area contributed by atoms with E-state index in [0.717, 1.165) is 23.3 Å². The molecule has 0 unspecified atom stereocenters. The average molecular weight is 433 g/mol. The van der Waals surface area contributed by atoms with Crippen molar-refractivity contribution in [1.82, 2.24) is 5.32 Å². The number of nitrogens with one attached hydrogen (secondary N) is 2. The molecule has 5 nitrogen and oxygen atoms in total. The fraction of sp³-hybridized carbons (Fsp3) is 0.0952. The zero-order valence-corrected chi connectivity index (χ0v) is 17.0. The predicted octanol–water partition coefficient (Wildman–Crippen LogP) is 4.52. The number of benzene rings is 3. The minimum Gasteiger partial charge on any atom is -0.348 e. The number of amides is 1. The van der Waals surface area contributed by atoms with Crippen molar-refractivity contribution >= 4 is 33.2 Å². The van der Waals surface area contributed by atoms with E-state index in [4.69, 9.17) is 11.6 Å². The summed E-state index contributed by atoms with van der Waals surface area (Å²) in [7, 11) is -3.98. The van der Waals surface area contributed by atoms with E-state index < -0.39 is 21.7 Å². The van der Waals surface area contributed by atoms with E-state index in [2.05, 4.69) is 10.0 Å². The van der Waals surface area contributed by atoms with E-state index >= 15 is 0 Å². The standard InChI is InChI=1S/C21H18ClFN2O3S/c1-14-2-4-15(5-3-14)13-24-21(26)19-12-18(10-11-20(19)22)29(27,28)25-17-8-6-16(23)7-9-17/h2-12,25H,13H2,1H3,(H,24,26). The molecule has 0 aliphatic heterocycles. The molecule has 0 spiro atoms. The highest BCUT2D eigenvalue weighted by atomic mass is 35.5. The van der Waals surface area contributed by atoms with Crippen molar-refractivity contribution in [2.45, 2.75) is 18.4 Å². The summed E-state index contributed by atoms with van der Waals surface area (Å²) >= 11 is 6.10. The smallest absolute Gasteiger partial charge is 0.261 e. The van der Waals surface area contributed by atoms with Crippen LogP contribution in [0.3, 0.4) is 0 Å². The minimum absolute atomic E-state index is 0.0424. The van der Waals surface area contributed by atoms with Gasteiger partial charge in [-0.05, 0) is 55.0 Å². The van der Waals surface area contributed by atoms with Gasteiger partial charge in [0, 0.05) is 12.2 Å². The van der Waals surface area contributed by atoms with Crippen LogP contribution in [-0.2, 0) is 16.6 Å². The Morgan fingerprint density at radius 1 is 1.00 bits per heavy atom. The lowest BCUT2D eigenvalue weighted by molar-refractivity contribution is 0.0951. The second kappa shape index (κ2) is 8.63. The highest BCUT2D eigenvalue weighted by Crippen LogP contribution is 2.23. The lowest BCUT2D eigenvalue weighted by Gasteiger charge is -2.11. The Hall–Kier alpha value is -2.90. The summed E-state index contributed by atoms with van der Waals surface area (Å²) in [4.78, 5) is 12.4. The molecular formula is C21H18ClFN2O3S. The molecule has 0 aliphatic rings. The number of halogens is 2. The van der Waals surface area contributed by atoms with E-state index in [0.29, 0.717) is 0 Å². The second-order valence-electron chi connectivity index (χ2n) is 6.42. The predicted molar refractivity (Wildman–Crippen MR) is 111 cm³/mol. The highest BCUT2D eigenvalue weighted by molar-refractivity contribution is 7.92. The molecule has 0 saturated carbocycles. The van der Waals surface area contributed by atoms with E-state index in [1.807, 2.05) is 31.2 Å². The van der Waals surface area contributed by atoms with E-state index in [1.54, 1.807) is 0 Å². The molecule has 0 aliphatic carbocycles. The number of rotatable bonds is 6. The summed E-state index contributed by atoms with van der Waals surface area (Å²) < 4.78 is 40.6. The summed E-state index contributed by atoms with van der Waals surface area (Å²) in [5.41, 5.74) is 2.25. The molecule has 0 aromatic heterocycles. The van der Waals surface area contributed by atoms with Gasteiger partial charge in [0.1, 0.15) is 5.82 Å². The molecule has 3 rings (SSSR count). The molecule has 3 aromatic rings. The van der Waals surface area contributed by atoms with Crippen molar-refractivity contribution in [3.63, 3.8) is 0 Å². The molecule has 0 fully saturated rings. The maximum atomic E-state index is 13.0. The topological polar surface area (TPSA) is 75.3 Å². The van der Waals surface area contributed by atoms with Gasteiger partial charge >= 0.3 is 0 Å². The van der Waals surface area contributed by atoms with Crippen LogP contribution in [-0.4, -0.2) is 14.3 Å². The lowest BCUT2D eigenvalue weighted by atomic mass is 10.1. The second-order valence-corrected chi connectivity index (χ2v) is 8.51. The maximum Gasteiger partial charge on any atom is 0.261 e. The Morgan fingerprint density at radius 3 is 2.31 bits per heavy atom. The van der Waals surface area contributed by atoms with Gasteiger partial charge in [-0.15, -0.1) is 0 Å². The molecule has 1 amide bonds. The van der Waals surface area contributed by atoms with E-state index in [1.165, 1.54) is 30.3 Å². The van der Waals surface area contributed by atoms with Gasteiger partial charge in [0.15, 0.2) is 0 Å². The molecule has 0 heterocycles. The summed E-state index contributed by atoms with van der Waals surface area (Å²) in [6.45, 7) is 2.24. The summed E-state index contributed by atoms with van der Waals surface area (Å²) in [5.74, 6) is -0.971. The van der Waals surface area contributed by atoms with Crippen LogP contribution in [0.5, 0.6) is 0 Å². The Balaban J connectivity index is 1.78. The number of aryl methyl sites for hydroxylation is 1. The Morgan fingerprint density at radius 2 is 1.66 bits per heavy atom. The number of hydrogen-bond donors (Lipinski definition) is 2. The van der Waals surface area contributed by atoms with Crippen LogP contribution in [0.4, 0.5) is 10.1 Å². The third kappa shape index (κ3) is 5.34. The molecule has 0 atom stereocenters. The Kier molecular flexibility index (Phi) is 6.20. The van der Waals surface area contributed by atoms with Gasteiger partial charge in [0.2, 0.25) is 0 Å². The van der Waals surface area contributed by atoms with Crippen molar-refractivity contribution < 1.29 is 17.6 Å². The fourth-order valence-corrected chi connectivity index (χ4v) is 3.85. The lowest BCUT2D eigenvalue weighted by Crippen LogP contribution is -2.23. The minimum atomic E-state index is -3.98. The number of anilines is 1. The van der Waals surface area contributed by atoms with Crippen LogP contribution < -0.4 is 10.0 Å². The van der Waals surface area contributed by atoms with Gasteiger partial charge in [0.25, 0.3) is 15.9 Å². The number of carbonyl (C=O) groups excluding carboxylic acids is 1. The van der Waals surface area contributed by atoms with Crippen molar-refractivity contribution in [3.8, 4) is 0 Å². The largest absolute Gasteiger partial charge is 0.348 e. The zero-order chi connectivity index (χ0) is 21.0. The quantitative estimate of drug-likeness (QED) is 0.601. The maximum absolute atomic E-state index is 13.0. The van der Waals surface area contributed by atoms with Gasteiger partial charge < -0.3 is 5.32 Å². The summed E-state index contributed by atoms with van der Waals surface area (Å²) in [5, 5.41) is 2.86. The van der Waals surface area contributed by atoms with Crippen LogP contribution in [0.15, 0.2) is 71.6 Å². The fourth-order valence-electron chi connectivity index (χ4n) is 2.56. The third-order valence-electron chi connectivity index (χ3n) is 4.16. The first-order valence-corrected chi connectivity index (χ1v) is 10.5. The van der Waals surface area contributed by atoms with Gasteiger partial charge in [-0.1, -0.05) is 41.4 Å². The molecule has 2 N–H and O–H groups in total. The van der Waals surface area contributed by atoms with Crippen molar-refractivity contribution in [2.75, 3.05) is 4.72 Å². The first-order valence-electron chi connectivity index (χ1n) is 8.66. The normalized spacial score (nSPS) is 11.1. The van der Waals surface area contributed by atoms with Gasteiger partial charge in [-0.25, -0.2) is 12.8 Å². The summed E-state index contributed by atoms with van der Waals surface area (Å²) in [6.07, 6.45) is 0. The van der Waals surface area contributed by atoms with E-state index in [-0.39, 0.29) is 27.7 Å². The molecule has 29 heavy (non-hydrogen) atoms. The number of carbonyl (C=O) groups is 1. The number of sulfonamides is 1. The third-order valence-corrected chi connectivity index (χ3v) is 5.87. The van der Waals surface area contributed by atoms with Crippen LogP contribution in [0.2, 0.25) is 5.02 Å². The summed E-state index contributed by atoms with van der Waals surface area (Å²) in [6, 6.07) is 16.4. The van der Waals surface area contributed by atoms with Crippen molar-refractivity contribution in [2.24, 2.45) is 0 Å². The van der Waals surface area contributed by atoms with Crippen LogP contribution in [0.1, 0.15) is 21.5 Å². The van der Waals surface area contributed by atoms with Crippen molar-refractivity contribution in [3.05, 3.63) is 94.3 Å². The molecule has 3 aromatic carbocycles. The molecule has 150 valence electrons. The highest BCUT2D eigenvalue weighted by Gasteiger charge is 2.19. The molecular weight excluding hydrogens is 415 g/mol. The first-order chi connectivity index (χ1) is 13.7. The molecule has 0 bridgehead atoms. The Bertz CT molecular complexity index is 1130. The van der Waals surface area contributed by atoms with Gasteiger partial charge in [-0.3, -0.25) is 9.52 Å². The Labute approximate surface area is 173 Å². The van der Waals surface area contributed by atoms with Gasteiger partial charge in [0.05, 0.1) is 15.5 Å². The average Bonchev–Trinajstić information content (AvgIpc) is 2.69. The van der Waals surface area contributed by atoms with Crippen molar-refractivity contribution in [1.29, 1.82) is 0 Å². The SMILES string of the molecule is Cc1ccc(CNC(=O)c2cc(S(=O)(=O)Nc3ccc(F)cc3)ccc2Cl)cc1. The molecule has 0 radical (unpaired) electrons. The molecule has 8 heteroatoms. The van der Waals surface area contributed by atoms with Gasteiger partial charge in [-0.2, -0.15) is 0 Å².